The zero-order valence-corrected chi connectivity index (χ0v) is 14.1. The molecule has 2 aromatic carbocycles. The Kier molecular flexibility index (Phi) is 4.63. The maximum Gasteiger partial charge on any atom is 0.319 e. The SMILES string of the molecule is CC1=C(C(=O)Nc2ccc(Cl)cc2)C(c2ccc(O)cc2)NC(=O)N1. The first-order chi connectivity index (χ1) is 11.9. The van der Waals surface area contributed by atoms with Gasteiger partial charge in [-0.3, -0.25) is 4.79 Å². The molecule has 25 heavy (non-hydrogen) atoms. The molecule has 4 N–H and O–H groups in total. The van der Waals surface area contributed by atoms with E-state index in [1.54, 1.807) is 43.3 Å². The highest BCUT2D eigenvalue weighted by Crippen LogP contribution is 2.28. The number of phenols is 1. The Morgan fingerprint density at radius 2 is 1.76 bits per heavy atom. The number of carbonyl (C=O) groups excluding carboxylic acids is 2. The molecular formula is C18H16ClN3O3. The number of carbonyl (C=O) groups is 2. The van der Waals surface area contributed by atoms with Crippen molar-refractivity contribution in [3.05, 3.63) is 70.4 Å². The number of amides is 3. The second kappa shape index (κ2) is 6.86. The molecule has 1 aliphatic heterocycles. The number of anilines is 1. The largest absolute Gasteiger partial charge is 0.508 e. The van der Waals surface area contributed by atoms with Crippen LogP contribution in [0, 0.1) is 0 Å². The molecule has 3 amide bonds. The van der Waals surface area contributed by atoms with Crippen molar-refractivity contribution in [3.8, 4) is 5.75 Å². The molecule has 0 spiro atoms. The molecule has 128 valence electrons. The van der Waals surface area contributed by atoms with Crippen LogP contribution in [0.25, 0.3) is 0 Å². The summed E-state index contributed by atoms with van der Waals surface area (Å²) in [6.07, 6.45) is 0. The van der Waals surface area contributed by atoms with Gasteiger partial charge in [-0.05, 0) is 48.9 Å². The predicted molar refractivity (Wildman–Crippen MR) is 95.3 cm³/mol. The van der Waals surface area contributed by atoms with Gasteiger partial charge in [0.2, 0.25) is 0 Å². The van der Waals surface area contributed by atoms with Crippen molar-refractivity contribution in [2.45, 2.75) is 13.0 Å². The summed E-state index contributed by atoms with van der Waals surface area (Å²) in [6.45, 7) is 1.67. The fourth-order valence-corrected chi connectivity index (χ4v) is 2.77. The van der Waals surface area contributed by atoms with Gasteiger partial charge in [-0.1, -0.05) is 23.7 Å². The molecule has 2 aromatic rings. The molecule has 7 heteroatoms. The van der Waals surface area contributed by atoms with Crippen LogP contribution in [0.2, 0.25) is 5.02 Å². The van der Waals surface area contributed by atoms with Gasteiger partial charge in [0.1, 0.15) is 5.75 Å². The molecule has 1 unspecified atom stereocenters. The van der Waals surface area contributed by atoms with Gasteiger partial charge in [0.05, 0.1) is 11.6 Å². The van der Waals surface area contributed by atoms with Crippen molar-refractivity contribution in [1.29, 1.82) is 0 Å². The fourth-order valence-electron chi connectivity index (χ4n) is 2.64. The number of phenolic OH excluding ortho intramolecular Hbond substituents is 1. The Morgan fingerprint density at radius 3 is 2.40 bits per heavy atom. The average molecular weight is 358 g/mol. The van der Waals surface area contributed by atoms with Crippen LogP contribution >= 0.6 is 11.6 Å². The van der Waals surface area contributed by atoms with E-state index in [1.165, 1.54) is 12.1 Å². The number of rotatable bonds is 3. The van der Waals surface area contributed by atoms with Crippen molar-refractivity contribution in [1.82, 2.24) is 10.6 Å². The van der Waals surface area contributed by atoms with Gasteiger partial charge in [-0.2, -0.15) is 0 Å². The molecule has 0 radical (unpaired) electrons. The van der Waals surface area contributed by atoms with Crippen LogP contribution in [0.3, 0.4) is 0 Å². The average Bonchev–Trinajstić information content (AvgIpc) is 2.57. The van der Waals surface area contributed by atoms with E-state index < -0.39 is 12.1 Å². The highest BCUT2D eigenvalue weighted by atomic mass is 35.5. The zero-order valence-electron chi connectivity index (χ0n) is 13.3. The lowest BCUT2D eigenvalue weighted by Crippen LogP contribution is -2.45. The lowest BCUT2D eigenvalue weighted by Gasteiger charge is -2.28. The monoisotopic (exact) mass is 357 g/mol. The summed E-state index contributed by atoms with van der Waals surface area (Å²) in [5, 5.41) is 18.2. The molecule has 0 aromatic heterocycles. The summed E-state index contributed by atoms with van der Waals surface area (Å²) >= 11 is 5.85. The minimum absolute atomic E-state index is 0.108. The summed E-state index contributed by atoms with van der Waals surface area (Å²) in [5.74, 6) is -0.234. The third kappa shape index (κ3) is 3.75. The van der Waals surface area contributed by atoms with E-state index in [-0.39, 0.29) is 11.7 Å². The van der Waals surface area contributed by atoms with Crippen molar-refractivity contribution >= 4 is 29.2 Å². The minimum Gasteiger partial charge on any atom is -0.508 e. The molecule has 0 saturated carbocycles. The van der Waals surface area contributed by atoms with Crippen LogP contribution in [-0.2, 0) is 4.79 Å². The third-order valence-corrected chi connectivity index (χ3v) is 4.09. The molecule has 1 atom stereocenters. The number of urea groups is 1. The lowest BCUT2D eigenvalue weighted by atomic mass is 9.94. The number of allylic oxidation sites excluding steroid dienone is 1. The quantitative estimate of drug-likeness (QED) is 0.679. The smallest absolute Gasteiger partial charge is 0.319 e. The number of halogens is 1. The van der Waals surface area contributed by atoms with Crippen LogP contribution in [0.15, 0.2) is 59.8 Å². The van der Waals surface area contributed by atoms with Gasteiger partial charge in [0.25, 0.3) is 5.91 Å². The highest BCUT2D eigenvalue weighted by Gasteiger charge is 2.31. The van der Waals surface area contributed by atoms with Crippen molar-refractivity contribution in [2.75, 3.05) is 5.32 Å². The number of nitrogens with one attached hydrogen (secondary N) is 3. The fraction of sp³-hybridized carbons (Fsp3) is 0.111. The summed E-state index contributed by atoms with van der Waals surface area (Å²) in [6, 6.07) is 12.1. The van der Waals surface area contributed by atoms with Crippen molar-refractivity contribution in [3.63, 3.8) is 0 Å². The topological polar surface area (TPSA) is 90.5 Å². The summed E-state index contributed by atoms with van der Waals surface area (Å²) < 4.78 is 0. The molecule has 1 aliphatic rings. The standard InChI is InChI=1S/C18H16ClN3O3/c1-10-15(17(24)21-13-6-4-12(19)5-7-13)16(22-18(25)20-10)11-2-8-14(23)9-3-11/h2-9,16,23H,1H3,(H,21,24)(H2,20,22,25). The van der Waals surface area contributed by atoms with Crippen LogP contribution < -0.4 is 16.0 Å². The summed E-state index contributed by atoms with van der Waals surface area (Å²) in [4.78, 5) is 24.6. The van der Waals surface area contributed by atoms with Crippen LogP contribution in [0.4, 0.5) is 10.5 Å². The molecule has 3 rings (SSSR count). The summed E-state index contributed by atoms with van der Waals surface area (Å²) in [7, 11) is 0. The number of hydrogen-bond donors (Lipinski definition) is 4. The van der Waals surface area contributed by atoms with Crippen LogP contribution in [0.1, 0.15) is 18.5 Å². The Balaban J connectivity index is 1.92. The number of benzene rings is 2. The van der Waals surface area contributed by atoms with Crippen molar-refractivity contribution < 1.29 is 14.7 Å². The molecule has 1 heterocycles. The summed E-state index contributed by atoms with van der Waals surface area (Å²) in [5.41, 5.74) is 2.14. The lowest BCUT2D eigenvalue weighted by molar-refractivity contribution is -0.113. The molecule has 0 bridgehead atoms. The van der Waals surface area contributed by atoms with E-state index in [2.05, 4.69) is 16.0 Å². The van der Waals surface area contributed by atoms with Gasteiger partial charge in [-0.25, -0.2) is 4.79 Å². The molecule has 0 aliphatic carbocycles. The Hall–Kier alpha value is -2.99. The van der Waals surface area contributed by atoms with E-state index >= 15 is 0 Å². The first-order valence-electron chi connectivity index (χ1n) is 7.58. The highest BCUT2D eigenvalue weighted by molar-refractivity contribution is 6.30. The molecule has 0 saturated heterocycles. The van der Waals surface area contributed by atoms with E-state index in [1.807, 2.05) is 0 Å². The molecule has 6 nitrogen and oxygen atoms in total. The molecule has 0 fully saturated rings. The van der Waals surface area contributed by atoms with E-state index in [4.69, 9.17) is 11.6 Å². The van der Waals surface area contributed by atoms with Gasteiger partial charge in [-0.15, -0.1) is 0 Å². The Bertz CT molecular complexity index is 845. The number of hydrogen-bond acceptors (Lipinski definition) is 3. The second-order valence-electron chi connectivity index (χ2n) is 5.62. The normalized spacial score (nSPS) is 16.9. The maximum absolute atomic E-state index is 12.8. The van der Waals surface area contributed by atoms with E-state index in [0.717, 1.165) is 0 Å². The van der Waals surface area contributed by atoms with E-state index in [9.17, 15) is 14.7 Å². The minimum atomic E-state index is -0.623. The maximum atomic E-state index is 12.8. The Labute approximate surface area is 149 Å². The third-order valence-electron chi connectivity index (χ3n) is 3.84. The van der Waals surface area contributed by atoms with Crippen molar-refractivity contribution in [2.24, 2.45) is 0 Å². The first kappa shape index (κ1) is 16.9. The zero-order chi connectivity index (χ0) is 18.0. The van der Waals surface area contributed by atoms with Crippen LogP contribution in [-0.4, -0.2) is 17.0 Å². The van der Waals surface area contributed by atoms with Gasteiger partial charge < -0.3 is 21.1 Å². The van der Waals surface area contributed by atoms with Gasteiger partial charge in [0.15, 0.2) is 0 Å². The van der Waals surface area contributed by atoms with Crippen LogP contribution in [0.5, 0.6) is 5.75 Å². The second-order valence-corrected chi connectivity index (χ2v) is 6.06. The Morgan fingerprint density at radius 1 is 1.12 bits per heavy atom. The number of aromatic hydroxyl groups is 1. The van der Waals surface area contributed by atoms with Gasteiger partial charge in [0, 0.05) is 16.4 Å². The van der Waals surface area contributed by atoms with E-state index in [0.29, 0.717) is 27.5 Å². The van der Waals surface area contributed by atoms with Gasteiger partial charge >= 0.3 is 6.03 Å². The molecular weight excluding hydrogens is 342 g/mol. The first-order valence-corrected chi connectivity index (χ1v) is 7.96. The predicted octanol–water partition coefficient (Wildman–Crippen LogP) is 3.31.